The van der Waals surface area contributed by atoms with E-state index in [1.54, 1.807) is 0 Å². The molecule has 3 aliphatic heterocycles. The second kappa shape index (κ2) is 12.4. The molecule has 0 radical (unpaired) electrons. The van der Waals surface area contributed by atoms with Crippen LogP contribution in [0.3, 0.4) is 0 Å². The van der Waals surface area contributed by atoms with Crippen molar-refractivity contribution in [3.63, 3.8) is 0 Å². The molecule has 3 fully saturated rings. The molecule has 4 rings (SSSR count). The van der Waals surface area contributed by atoms with Crippen molar-refractivity contribution in [1.29, 1.82) is 0 Å². The van der Waals surface area contributed by atoms with E-state index >= 15 is 0 Å². The summed E-state index contributed by atoms with van der Waals surface area (Å²) < 4.78 is 6.50. The standard InChI is InChI=1S/C29H46N2O5Si/c1-21-25(16-13-22-11-14-23(15-12-22)30-17-7-5-4-6-10-27(30)33)36-26(29(21)37(2,3)35)19-28(34)31-18-8-9-24(31)20-32/h11-12,14-15,21,24-26,29,32,35H,4-10,13,16-20H2,1-3H3/t21-,24+,25+,26-,29+/m1/s1. The van der Waals surface area contributed by atoms with Gasteiger partial charge in [-0.1, -0.05) is 31.9 Å². The number of anilines is 1. The van der Waals surface area contributed by atoms with Crippen molar-refractivity contribution in [2.75, 3.05) is 24.6 Å². The number of ether oxygens (including phenoxy) is 1. The highest BCUT2D eigenvalue weighted by atomic mass is 28.4. The van der Waals surface area contributed by atoms with Crippen molar-refractivity contribution in [3.05, 3.63) is 29.8 Å². The Morgan fingerprint density at radius 2 is 1.78 bits per heavy atom. The lowest BCUT2D eigenvalue weighted by atomic mass is 9.95. The van der Waals surface area contributed by atoms with Crippen molar-refractivity contribution in [1.82, 2.24) is 4.90 Å². The maximum absolute atomic E-state index is 13.1. The average Bonchev–Trinajstić information content (AvgIpc) is 3.45. The zero-order chi connectivity index (χ0) is 26.6. The van der Waals surface area contributed by atoms with Crippen LogP contribution in [0.5, 0.6) is 0 Å². The zero-order valence-electron chi connectivity index (χ0n) is 22.9. The molecule has 3 aliphatic rings. The Kier molecular flexibility index (Phi) is 9.48. The van der Waals surface area contributed by atoms with Gasteiger partial charge in [0.1, 0.15) is 0 Å². The van der Waals surface area contributed by atoms with Crippen LogP contribution in [0, 0.1) is 5.92 Å². The molecule has 0 aromatic heterocycles. The van der Waals surface area contributed by atoms with Gasteiger partial charge in [0, 0.05) is 30.7 Å². The van der Waals surface area contributed by atoms with Gasteiger partial charge in [-0.3, -0.25) is 9.59 Å². The summed E-state index contributed by atoms with van der Waals surface area (Å²) in [6.07, 6.45) is 8.44. The van der Waals surface area contributed by atoms with Crippen molar-refractivity contribution in [2.45, 2.75) is 108 Å². The SMILES string of the molecule is C[C@H]1[C@H]([Si](C)(C)O)[C@@H](CC(=O)N2CCC[C@H]2CO)O[C@H]1CCc1ccc(N2CCCCCCC2=O)cc1. The number of benzene rings is 1. The van der Waals surface area contributed by atoms with E-state index in [9.17, 15) is 19.5 Å². The van der Waals surface area contributed by atoms with Gasteiger partial charge in [0.15, 0.2) is 8.32 Å². The van der Waals surface area contributed by atoms with E-state index in [1.165, 1.54) is 12.0 Å². The highest BCUT2D eigenvalue weighted by Gasteiger charge is 2.50. The van der Waals surface area contributed by atoms with Gasteiger partial charge in [0.25, 0.3) is 0 Å². The normalized spacial score (nSPS) is 29.4. The summed E-state index contributed by atoms with van der Waals surface area (Å²) >= 11 is 0. The monoisotopic (exact) mass is 530 g/mol. The molecule has 2 N–H and O–H groups in total. The second-order valence-electron chi connectivity index (χ2n) is 11.9. The lowest BCUT2D eigenvalue weighted by molar-refractivity contribution is -0.135. The van der Waals surface area contributed by atoms with Gasteiger partial charge in [-0.25, -0.2) is 0 Å². The summed E-state index contributed by atoms with van der Waals surface area (Å²) in [6.45, 7) is 7.56. The molecular weight excluding hydrogens is 484 g/mol. The molecule has 0 saturated carbocycles. The summed E-state index contributed by atoms with van der Waals surface area (Å²) in [5.41, 5.74) is 2.19. The number of nitrogens with zero attached hydrogens (tertiary/aromatic N) is 2. The van der Waals surface area contributed by atoms with E-state index in [-0.39, 0.29) is 54.6 Å². The predicted molar refractivity (Wildman–Crippen MR) is 148 cm³/mol. The number of carbonyl (C=O) groups excluding carboxylic acids is 2. The van der Waals surface area contributed by atoms with Crippen LogP contribution < -0.4 is 4.90 Å². The summed E-state index contributed by atoms with van der Waals surface area (Å²) in [4.78, 5) is 40.5. The molecule has 1 aromatic carbocycles. The van der Waals surface area contributed by atoms with Crippen molar-refractivity contribution >= 4 is 25.8 Å². The summed E-state index contributed by atoms with van der Waals surface area (Å²) in [5, 5.41) is 9.64. The molecule has 1 aromatic rings. The van der Waals surface area contributed by atoms with Crippen LogP contribution >= 0.6 is 0 Å². The van der Waals surface area contributed by atoms with Crippen LogP contribution in [0.4, 0.5) is 5.69 Å². The fraction of sp³-hybridized carbons (Fsp3) is 0.724. The Morgan fingerprint density at radius 3 is 2.49 bits per heavy atom. The number of rotatable bonds is 8. The number of aryl methyl sites for hydroxylation is 1. The van der Waals surface area contributed by atoms with Gasteiger partial charge in [-0.05, 0) is 75.2 Å². The number of hydrogen-bond donors (Lipinski definition) is 2. The Labute approximate surface area is 223 Å². The number of aliphatic hydroxyl groups is 1. The molecule has 3 heterocycles. The first-order valence-corrected chi connectivity index (χ1v) is 17.4. The molecule has 37 heavy (non-hydrogen) atoms. The highest BCUT2D eigenvalue weighted by Crippen LogP contribution is 2.46. The van der Waals surface area contributed by atoms with E-state index in [1.807, 2.05) is 22.9 Å². The molecule has 206 valence electrons. The topological polar surface area (TPSA) is 90.3 Å². The molecule has 0 aliphatic carbocycles. The molecule has 0 spiro atoms. The van der Waals surface area contributed by atoms with E-state index in [0.29, 0.717) is 13.0 Å². The van der Waals surface area contributed by atoms with E-state index in [2.05, 4.69) is 31.2 Å². The number of likely N-dealkylation sites (tertiary alicyclic amines) is 1. The number of aliphatic hydroxyl groups excluding tert-OH is 1. The van der Waals surface area contributed by atoms with Crippen molar-refractivity contribution in [2.24, 2.45) is 5.92 Å². The number of hydrogen-bond acceptors (Lipinski definition) is 5. The van der Waals surface area contributed by atoms with Crippen LogP contribution in [0.15, 0.2) is 24.3 Å². The Morgan fingerprint density at radius 1 is 1.05 bits per heavy atom. The van der Waals surface area contributed by atoms with Gasteiger partial charge < -0.3 is 24.4 Å². The molecule has 8 heteroatoms. The van der Waals surface area contributed by atoms with Gasteiger partial charge in [0.2, 0.25) is 11.8 Å². The number of carbonyl (C=O) groups is 2. The molecule has 7 nitrogen and oxygen atoms in total. The lowest BCUT2D eigenvalue weighted by Gasteiger charge is -2.31. The van der Waals surface area contributed by atoms with Crippen molar-refractivity contribution in [3.8, 4) is 0 Å². The van der Waals surface area contributed by atoms with Crippen molar-refractivity contribution < 1.29 is 24.2 Å². The minimum absolute atomic E-state index is 0.00265. The minimum Gasteiger partial charge on any atom is -0.432 e. The van der Waals surface area contributed by atoms with Crippen LogP contribution in [0.1, 0.15) is 70.3 Å². The molecule has 0 unspecified atom stereocenters. The predicted octanol–water partition coefficient (Wildman–Crippen LogP) is 4.26. The maximum Gasteiger partial charge on any atom is 0.226 e. The Hall–Kier alpha value is -1.74. The van der Waals surface area contributed by atoms with Crippen LogP contribution in [-0.2, 0) is 20.7 Å². The molecule has 3 saturated heterocycles. The van der Waals surface area contributed by atoms with Gasteiger partial charge >= 0.3 is 0 Å². The highest BCUT2D eigenvalue weighted by molar-refractivity contribution is 6.71. The summed E-state index contributed by atoms with van der Waals surface area (Å²) in [5.74, 6) is 0.434. The second-order valence-corrected chi connectivity index (χ2v) is 15.9. The van der Waals surface area contributed by atoms with Gasteiger partial charge in [-0.15, -0.1) is 0 Å². The largest absolute Gasteiger partial charge is 0.432 e. The first-order valence-electron chi connectivity index (χ1n) is 14.4. The zero-order valence-corrected chi connectivity index (χ0v) is 23.9. The fourth-order valence-corrected chi connectivity index (χ4v) is 9.44. The number of amides is 2. The molecular formula is C29H46N2O5Si. The Bertz CT molecular complexity index is 918. The minimum atomic E-state index is -2.56. The third-order valence-electron chi connectivity index (χ3n) is 8.79. The summed E-state index contributed by atoms with van der Waals surface area (Å²) in [7, 11) is -2.56. The van der Waals surface area contributed by atoms with Crippen LogP contribution in [0.25, 0.3) is 0 Å². The van der Waals surface area contributed by atoms with Gasteiger partial charge in [0.05, 0.1) is 31.3 Å². The fourth-order valence-electron chi connectivity index (χ4n) is 6.83. The Balaban J connectivity index is 1.37. The molecule has 0 bridgehead atoms. The molecule has 5 atom stereocenters. The smallest absolute Gasteiger partial charge is 0.226 e. The van der Waals surface area contributed by atoms with Crippen LogP contribution in [-0.4, -0.2) is 72.9 Å². The quantitative estimate of drug-likeness (QED) is 0.490. The average molecular weight is 531 g/mol. The van der Waals surface area contributed by atoms with E-state index < -0.39 is 8.32 Å². The van der Waals surface area contributed by atoms with Gasteiger partial charge in [-0.2, -0.15) is 0 Å². The third kappa shape index (κ3) is 6.83. The van der Waals surface area contributed by atoms with E-state index in [4.69, 9.17) is 4.74 Å². The third-order valence-corrected chi connectivity index (χ3v) is 11.3. The van der Waals surface area contributed by atoms with E-state index in [0.717, 1.165) is 57.2 Å². The first-order chi connectivity index (χ1) is 17.7. The summed E-state index contributed by atoms with van der Waals surface area (Å²) in [6, 6.07) is 8.28. The molecule has 2 amide bonds. The lowest BCUT2D eigenvalue weighted by Crippen LogP contribution is -2.43. The maximum atomic E-state index is 13.1. The first kappa shape index (κ1) is 28.3. The van der Waals surface area contributed by atoms with Crippen LogP contribution in [0.2, 0.25) is 18.6 Å².